The number of methoxy groups -OCH3 is 2. The molecule has 0 saturated carbocycles. The Morgan fingerprint density at radius 3 is 2.43 bits per heavy atom. The standard InChI is InChI=1S/C20H21Cl2N3O3/c1-20(2,13-6-7-14(21)15(22)10-13)23-11-18-24-19(25-28-18)12-5-8-16(26-3)17(9-12)27-4/h5-10,23H,11H2,1-4H3. The van der Waals surface area contributed by atoms with E-state index in [9.17, 15) is 0 Å². The highest BCUT2D eigenvalue weighted by atomic mass is 35.5. The molecule has 2 aromatic carbocycles. The molecule has 0 fully saturated rings. The SMILES string of the molecule is COc1ccc(-c2noc(CNC(C)(C)c3ccc(Cl)c(Cl)c3)n2)cc1OC. The zero-order valence-electron chi connectivity index (χ0n) is 16.0. The molecule has 3 aromatic rings. The van der Waals surface area contributed by atoms with Gasteiger partial charge in [0.2, 0.25) is 11.7 Å². The minimum atomic E-state index is -0.369. The lowest BCUT2D eigenvalue weighted by molar-refractivity contribution is 0.327. The second-order valence-corrected chi connectivity index (χ2v) is 7.50. The first-order valence-electron chi connectivity index (χ1n) is 8.59. The first kappa shape index (κ1) is 20.5. The predicted molar refractivity (Wildman–Crippen MR) is 109 cm³/mol. The second kappa shape index (κ2) is 8.39. The Kier molecular flexibility index (Phi) is 6.13. The Labute approximate surface area is 173 Å². The van der Waals surface area contributed by atoms with Crippen molar-refractivity contribution in [3.8, 4) is 22.9 Å². The van der Waals surface area contributed by atoms with Crippen LogP contribution in [0.4, 0.5) is 0 Å². The number of hydrogen-bond donors (Lipinski definition) is 1. The molecule has 0 atom stereocenters. The average molecular weight is 422 g/mol. The number of benzene rings is 2. The van der Waals surface area contributed by atoms with Gasteiger partial charge in [-0.2, -0.15) is 4.98 Å². The van der Waals surface area contributed by atoms with Crippen molar-refractivity contribution in [3.05, 3.63) is 57.9 Å². The maximum atomic E-state index is 6.13. The van der Waals surface area contributed by atoms with Gasteiger partial charge < -0.3 is 14.0 Å². The van der Waals surface area contributed by atoms with Gasteiger partial charge in [-0.15, -0.1) is 0 Å². The molecule has 0 amide bonds. The van der Waals surface area contributed by atoms with Crippen molar-refractivity contribution in [2.75, 3.05) is 14.2 Å². The van der Waals surface area contributed by atoms with Gasteiger partial charge in [0.25, 0.3) is 0 Å². The van der Waals surface area contributed by atoms with Gasteiger partial charge in [-0.25, -0.2) is 0 Å². The summed E-state index contributed by atoms with van der Waals surface area (Å²) in [5.41, 5.74) is 1.41. The Hall–Kier alpha value is -2.28. The van der Waals surface area contributed by atoms with Crippen LogP contribution in [0, 0.1) is 0 Å². The van der Waals surface area contributed by atoms with E-state index in [0.717, 1.165) is 11.1 Å². The van der Waals surface area contributed by atoms with Crippen LogP contribution in [0.5, 0.6) is 11.5 Å². The van der Waals surface area contributed by atoms with E-state index in [1.165, 1.54) is 0 Å². The van der Waals surface area contributed by atoms with Crippen LogP contribution >= 0.6 is 23.2 Å². The van der Waals surface area contributed by atoms with Crippen molar-refractivity contribution in [2.24, 2.45) is 0 Å². The number of aromatic nitrogens is 2. The highest BCUT2D eigenvalue weighted by molar-refractivity contribution is 6.42. The van der Waals surface area contributed by atoms with Gasteiger partial charge in [0, 0.05) is 11.1 Å². The van der Waals surface area contributed by atoms with Gasteiger partial charge in [0.1, 0.15) is 0 Å². The lowest BCUT2D eigenvalue weighted by Crippen LogP contribution is -2.36. The minimum Gasteiger partial charge on any atom is -0.493 e. The summed E-state index contributed by atoms with van der Waals surface area (Å²) < 4.78 is 16.0. The molecule has 8 heteroatoms. The lowest BCUT2D eigenvalue weighted by atomic mass is 9.94. The topological polar surface area (TPSA) is 69.4 Å². The average Bonchev–Trinajstić information content (AvgIpc) is 3.17. The summed E-state index contributed by atoms with van der Waals surface area (Å²) in [5.74, 6) is 2.19. The van der Waals surface area contributed by atoms with E-state index >= 15 is 0 Å². The second-order valence-electron chi connectivity index (χ2n) is 6.69. The normalized spacial score (nSPS) is 11.5. The Morgan fingerprint density at radius 2 is 1.75 bits per heavy atom. The summed E-state index contributed by atoms with van der Waals surface area (Å²) in [6, 6.07) is 11.0. The first-order chi connectivity index (χ1) is 13.3. The van der Waals surface area contributed by atoms with Crippen molar-refractivity contribution in [1.82, 2.24) is 15.5 Å². The molecule has 28 heavy (non-hydrogen) atoms. The fourth-order valence-corrected chi connectivity index (χ4v) is 3.00. The molecule has 1 N–H and O–H groups in total. The van der Waals surface area contributed by atoms with Crippen molar-refractivity contribution in [2.45, 2.75) is 25.9 Å². The van der Waals surface area contributed by atoms with Crippen LogP contribution in [0.2, 0.25) is 10.0 Å². The van der Waals surface area contributed by atoms with Crippen LogP contribution in [0.1, 0.15) is 25.3 Å². The van der Waals surface area contributed by atoms with Crippen LogP contribution in [0.15, 0.2) is 40.9 Å². The maximum Gasteiger partial charge on any atom is 0.240 e. The number of ether oxygens (including phenoxy) is 2. The molecule has 1 aromatic heterocycles. The quantitative estimate of drug-likeness (QED) is 0.572. The van der Waals surface area contributed by atoms with E-state index in [-0.39, 0.29) is 5.54 Å². The largest absolute Gasteiger partial charge is 0.493 e. The van der Waals surface area contributed by atoms with Crippen molar-refractivity contribution >= 4 is 23.2 Å². The number of halogens is 2. The smallest absolute Gasteiger partial charge is 0.240 e. The summed E-state index contributed by atoms with van der Waals surface area (Å²) in [6.45, 7) is 4.48. The van der Waals surface area contributed by atoms with E-state index in [4.69, 9.17) is 37.2 Å². The molecule has 0 spiro atoms. The Bertz CT molecular complexity index is 973. The highest BCUT2D eigenvalue weighted by Gasteiger charge is 2.22. The van der Waals surface area contributed by atoms with E-state index in [1.807, 2.05) is 32.0 Å². The van der Waals surface area contributed by atoms with Crippen LogP contribution in [0.25, 0.3) is 11.4 Å². The molecule has 0 unspecified atom stereocenters. The van der Waals surface area contributed by atoms with E-state index in [0.29, 0.717) is 39.8 Å². The molecule has 1 heterocycles. The number of nitrogens with zero attached hydrogens (tertiary/aromatic N) is 2. The molecule has 0 saturated heterocycles. The van der Waals surface area contributed by atoms with Crippen molar-refractivity contribution < 1.29 is 14.0 Å². The third-order valence-corrected chi connectivity index (χ3v) is 5.17. The Morgan fingerprint density at radius 1 is 1.00 bits per heavy atom. The van der Waals surface area contributed by atoms with Gasteiger partial charge in [-0.3, -0.25) is 5.32 Å². The Balaban J connectivity index is 1.73. The zero-order chi connectivity index (χ0) is 20.3. The predicted octanol–water partition coefficient (Wildman–Crippen LogP) is 5.09. The molecular weight excluding hydrogens is 401 g/mol. The van der Waals surface area contributed by atoms with Crippen LogP contribution in [-0.2, 0) is 12.1 Å². The number of nitrogens with one attached hydrogen (secondary N) is 1. The molecule has 3 rings (SSSR count). The molecule has 0 radical (unpaired) electrons. The lowest BCUT2D eigenvalue weighted by Gasteiger charge is -2.26. The third-order valence-electron chi connectivity index (χ3n) is 4.43. The fourth-order valence-electron chi connectivity index (χ4n) is 2.70. The van der Waals surface area contributed by atoms with Crippen molar-refractivity contribution in [1.29, 1.82) is 0 Å². The molecular formula is C20H21Cl2N3O3. The van der Waals surface area contributed by atoms with Gasteiger partial charge in [-0.05, 0) is 49.7 Å². The summed E-state index contributed by atoms with van der Waals surface area (Å²) in [7, 11) is 3.17. The number of hydrogen-bond acceptors (Lipinski definition) is 6. The molecule has 0 aliphatic heterocycles. The van der Waals surface area contributed by atoms with E-state index in [1.54, 1.807) is 32.4 Å². The summed E-state index contributed by atoms with van der Waals surface area (Å²) in [4.78, 5) is 4.46. The first-order valence-corrected chi connectivity index (χ1v) is 9.35. The molecule has 0 aliphatic rings. The van der Waals surface area contributed by atoms with E-state index in [2.05, 4.69) is 15.5 Å². The summed E-state index contributed by atoms with van der Waals surface area (Å²) >= 11 is 12.1. The highest BCUT2D eigenvalue weighted by Crippen LogP contribution is 2.31. The van der Waals surface area contributed by atoms with Crippen LogP contribution in [-0.4, -0.2) is 24.4 Å². The number of rotatable bonds is 7. The van der Waals surface area contributed by atoms with E-state index < -0.39 is 0 Å². The molecule has 148 valence electrons. The maximum absolute atomic E-state index is 6.13. The summed E-state index contributed by atoms with van der Waals surface area (Å²) in [5, 5.41) is 8.50. The minimum absolute atomic E-state index is 0.369. The van der Waals surface area contributed by atoms with Gasteiger partial charge >= 0.3 is 0 Å². The van der Waals surface area contributed by atoms with Crippen LogP contribution < -0.4 is 14.8 Å². The molecule has 6 nitrogen and oxygen atoms in total. The zero-order valence-corrected chi connectivity index (χ0v) is 17.6. The fraction of sp³-hybridized carbons (Fsp3) is 0.300. The van der Waals surface area contributed by atoms with Crippen LogP contribution in [0.3, 0.4) is 0 Å². The molecule has 0 aliphatic carbocycles. The van der Waals surface area contributed by atoms with Gasteiger partial charge in [0.05, 0.1) is 30.8 Å². The van der Waals surface area contributed by atoms with Crippen molar-refractivity contribution in [3.63, 3.8) is 0 Å². The van der Waals surface area contributed by atoms with Gasteiger partial charge in [0.15, 0.2) is 11.5 Å². The summed E-state index contributed by atoms with van der Waals surface area (Å²) in [6.07, 6.45) is 0. The monoisotopic (exact) mass is 421 g/mol. The van der Waals surface area contributed by atoms with Gasteiger partial charge in [-0.1, -0.05) is 34.4 Å². The third kappa shape index (κ3) is 4.41. The molecule has 0 bridgehead atoms.